The lowest BCUT2D eigenvalue weighted by atomic mass is 10.0. The van der Waals surface area contributed by atoms with E-state index in [-0.39, 0.29) is 11.7 Å². The van der Waals surface area contributed by atoms with Crippen LogP contribution in [0.4, 0.5) is 0 Å². The molecule has 1 aromatic rings. The third-order valence-corrected chi connectivity index (χ3v) is 3.88. The van der Waals surface area contributed by atoms with E-state index < -0.39 is 0 Å². The third kappa shape index (κ3) is 6.75. The van der Waals surface area contributed by atoms with E-state index in [9.17, 15) is 9.90 Å². The van der Waals surface area contributed by atoms with Crippen molar-refractivity contribution in [1.29, 1.82) is 0 Å². The number of hydrogen-bond donors (Lipinski definition) is 1. The molecule has 0 aliphatic heterocycles. The summed E-state index contributed by atoms with van der Waals surface area (Å²) >= 11 is 0. The smallest absolute Gasteiger partial charge is 0.269 e. The molecule has 1 rings (SSSR count). The minimum atomic E-state index is -0.293. The lowest BCUT2D eigenvalue weighted by Crippen LogP contribution is -2.22. The van der Waals surface area contributed by atoms with Crippen LogP contribution in [0.25, 0.3) is 6.08 Å². The topological polar surface area (TPSA) is 65.4 Å². The maximum Gasteiger partial charge on any atom is 0.269 e. The largest absolute Gasteiger partial charge is 0.507 e. The van der Waals surface area contributed by atoms with E-state index in [0.29, 0.717) is 16.8 Å². The van der Waals surface area contributed by atoms with Crippen molar-refractivity contribution in [1.82, 2.24) is 9.96 Å². The molecule has 1 N–H and O–H groups in total. The van der Waals surface area contributed by atoms with E-state index in [1.807, 2.05) is 37.2 Å². The first kappa shape index (κ1) is 22.2. The van der Waals surface area contributed by atoms with E-state index in [1.165, 1.54) is 20.2 Å². The van der Waals surface area contributed by atoms with Gasteiger partial charge in [0, 0.05) is 45.5 Å². The molecule has 0 saturated carbocycles. The maximum atomic E-state index is 11.7. The van der Waals surface area contributed by atoms with Gasteiger partial charge in [-0.15, -0.1) is 0 Å². The van der Waals surface area contributed by atoms with Crippen LogP contribution in [0.3, 0.4) is 0 Å². The first-order valence-corrected chi connectivity index (χ1v) is 8.69. The summed E-state index contributed by atoms with van der Waals surface area (Å²) in [4.78, 5) is 22.8. The van der Waals surface area contributed by atoms with Gasteiger partial charge in [-0.05, 0) is 42.3 Å². The van der Waals surface area contributed by atoms with Crippen LogP contribution in [-0.2, 0) is 9.63 Å². The number of aliphatic imine (C=N–C) groups is 1. The molecule has 0 bridgehead atoms. The Kier molecular flexibility index (Phi) is 9.02. The normalized spacial score (nSPS) is 12.8. The second-order valence-electron chi connectivity index (χ2n) is 6.00. The molecule has 1 amide bonds. The molecule has 0 radical (unpaired) electrons. The van der Waals surface area contributed by atoms with Crippen molar-refractivity contribution in [2.24, 2.45) is 4.99 Å². The zero-order valence-corrected chi connectivity index (χ0v) is 16.9. The van der Waals surface area contributed by atoms with Crippen molar-refractivity contribution < 1.29 is 14.7 Å². The molecular weight excluding hydrogens is 342 g/mol. The Morgan fingerprint density at radius 2 is 1.93 bits per heavy atom. The highest BCUT2D eigenvalue weighted by Crippen LogP contribution is 2.21. The van der Waals surface area contributed by atoms with Crippen molar-refractivity contribution in [3.8, 4) is 5.75 Å². The Labute approximate surface area is 161 Å². The van der Waals surface area contributed by atoms with E-state index in [1.54, 1.807) is 25.3 Å². The van der Waals surface area contributed by atoms with Crippen LogP contribution < -0.4 is 0 Å². The lowest BCUT2D eigenvalue weighted by molar-refractivity contribution is -0.162. The summed E-state index contributed by atoms with van der Waals surface area (Å²) in [5.41, 5.74) is 3.06. The highest BCUT2D eigenvalue weighted by Gasteiger charge is 2.08. The molecule has 0 fully saturated rings. The number of phenols is 1. The SMILES string of the molecule is CC/C=C(/C=C\C(=NC)c1ccc(/C=C/C(=O)N(C)OC)cc1O)N(C)C. The summed E-state index contributed by atoms with van der Waals surface area (Å²) in [7, 11) is 8.59. The van der Waals surface area contributed by atoms with Crippen LogP contribution in [0.5, 0.6) is 5.75 Å². The van der Waals surface area contributed by atoms with Crippen LogP contribution in [0.2, 0.25) is 0 Å². The molecule has 1 aromatic carbocycles. The number of nitrogens with zero attached hydrogens (tertiary/aromatic N) is 3. The van der Waals surface area contributed by atoms with Crippen molar-refractivity contribution in [3.05, 3.63) is 59.3 Å². The molecule has 27 heavy (non-hydrogen) atoms. The first-order chi connectivity index (χ1) is 12.8. The zero-order valence-electron chi connectivity index (χ0n) is 16.9. The van der Waals surface area contributed by atoms with Gasteiger partial charge in [-0.2, -0.15) is 0 Å². The van der Waals surface area contributed by atoms with E-state index in [2.05, 4.69) is 18.0 Å². The van der Waals surface area contributed by atoms with Crippen LogP contribution >= 0.6 is 0 Å². The summed E-state index contributed by atoms with van der Waals surface area (Å²) in [5.74, 6) is -0.195. The number of amides is 1. The van der Waals surface area contributed by atoms with Crippen molar-refractivity contribution in [2.75, 3.05) is 35.3 Å². The van der Waals surface area contributed by atoms with Crippen molar-refractivity contribution >= 4 is 17.7 Å². The number of hydroxylamine groups is 2. The Balaban J connectivity index is 3.05. The highest BCUT2D eigenvalue weighted by molar-refractivity contribution is 6.10. The molecule has 0 saturated heterocycles. The third-order valence-electron chi connectivity index (χ3n) is 3.88. The molecule has 0 atom stereocenters. The fourth-order valence-electron chi connectivity index (χ4n) is 2.29. The van der Waals surface area contributed by atoms with Crippen molar-refractivity contribution in [2.45, 2.75) is 13.3 Å². The second kappa shape index (κ2) is 11.0. The fourth-order valence-corrected chi connectivity index (χ4v) is 2.29. The Morgan fingerprint density at radius 1 is 1.22 bits per heavy atom. The van der Waals surface area contributed by atoms with E-state index in [4.69, 9.17) is 4.84 Å². The molecule has 0 aliphatic carbocycles. The Hall–Kier alpha value is -2.86. The summed E-state index contributed by atoms with van der Waals surface area (Å²) in [6, 6.07) is 5.20. The Bertz CT molecular complexity index is 762. The molecule has 0 unspecified atom stereocenters. The Morgan fingerprint density at radius 3 is 2.44 bits per heavy atom. The second-order valence-corrected chi connectivity index (χ2v) is 6.00. The highest BCUT2D eigenvalue weighted by atomic mass is 16.7. The minimum Gasteiger partial charge on any atom is -0.507 e. The van der Waals surface area contributed by atoms with Gasteiger partial charge in [0.15, 0.2) is 0 Å². The van der Waals surface area contributed by atoms with E-state index >= 15 is 0 Å². The average molecular weight is 371 g/mol. The molecular formula is C21H29N3O3. The number of benzene rings is 1. The summed E-state index contributed by atoms with van der Waals surface area (Å²) < 4.78 is 0. The number of aromatic hydroxyl groups is 1. The van der Waals surface area contributed by atoms with E-state index in [0.717, 1.165) is 17.2 Å². The number of rotatable bonds is 8. The molecule has 146 valence electrons. The van der Waals surface area contributed by atoms with Gasteiger partial charge in [0.1, 0.15) is 5.75 Å². The van der Waals surface area contributed by atoms with Gasteiger partial charge in [-0.3, -0.25) is 14.6 Å². The molecule has 0 aliphatic rings. The monoisotopic (exact) mass is 371 g/mol. The first-order valence-electron chi connectivity index (χ1n) is 8.69. The predicted molar refractivity (Wildman–Crippen MR) is 111 cm³/mol. The standard InChI is InChI=1S/C21H29N3O3/c1-7-8-17(23(3)4)11-13-19(22-2)18-12-9-16(15-20(18)25)10-14-21(26)24(5)27-6/h8-15,25H,7H2,1-6H3/b13-11-,14-10+,17-8-,22-19?. The van der Waals surface area contributed by atoms with Gasteiger partial charge in [0.2, 0.25) is 0 Å². The van der Waals surface area contributed by atoms with Gasteiger partial charge in [0.05, 0.1) is 12.8 Å². The number of phenolic OH excluding ortho intramolecular Hbond substituents is 1. The maximum absolute atomic E-state index is 11.7. The number of likely N-dealkylation sites (N-methyl/N-ethyl adjacent to an activating group) is 2. The zero-order chi connectivity index (χ0) is 20.4. The summed E-state index contributed by atoms with van der Waals surface area (Å²) in [6.45, 7) is 2.08. The number of carbonyl (C=O) groups is 1. The fraction of sp³-hybridized carbons (Fsp3) is 0.333. The van der Waals surface area contributed by atoms with Crippen LogP contribution in [0.1, 0.15) is 24.5 Å². The van der Waals surface area contributed by atoms with Gasteiger partial charge in [0.25, 0.3) is 5.91 Å². The molecule has 0 spiro atoms. The van der Waals surface area contributed by atoms with Crippen LogP contribution in [0.15, 0.2) is 53.2 Å². The quantitative estimate of drug-likeness (QED) is 0.330. The molecule has 0 aromatic heterocycles. The average Bonchev–Trinajstić information content (AvgIpc) is 2.65. The molecule has 0 heterocycles. The summed E-state index contributed by atoms with van der Waals surface area (Å²) in [6.07, 6.45) is 9.90. The molecule has 6 heteroatoms. The predicted octanol–water partition coefficient (Wildman–Crippen LogP) is 3.26. The lowest BCUT2D eigenvalue weighted by Gasteiger charge is -2.14. The van der Waals surface area contributed by atoms with Gasteiger partial charge in [-0.25, -0.2) is 5.06 Å². The van der Waals surface area contributed by atoms with Gasteiger partial charge in [-0.1, -0.05) is 19.1 Å². The molecule has 6 nitrogen and oxygen atoms in total. The number of allylic oxidation sites excluding steroid dienone is 3. The minimum absolute atomic E-state index is 0.0980. The summed E-state index contributed by atoms with van der Waals surface area (Å²) in [5, 5.41) is 11.5. The van der Waals surface area contributed by atoms with Gasteiger partial charge >= 0.3 is 0 Å². The number of hydrogen-bond acceptors (Lipinski definition) is 5. The number of carbonyl (C=O) groups excluding carboxylic acids is 1. The van der Waals surface area contributed by atoms with Gasteiger partial charge < -0.3 is 10.0 Å². The van der Waals surface area contributed by atoms with Crippen LogP contribution in [-0.4, -0.2) is 62.0 Å². The van der Waals surface area contributed by atoms with Crippen LogP contribution in [0, 0.1) is 0 Å². The van der Waals surface area contributed by atoms with Crippen molar-refractivity contribution in [3.63, 3.8) is 0 Å².